The van der Waals surface area contributed by atoms with Gasteiger partial charge in [0.25, 0.3) is 0 Å². The van der Waals surface area contributed by atoms with E-state index in [0.29, 0.717) is 36.3 Å². The Kier molecular flexibility index (Phi) is 8.51. The Hall–Kier alpha value is -1.46. The fourth-order valence-electron chi connectivity index (χ4n) is 3.05. The predicted molar refractivity (Wildman–Crippen MR) is 117 cm³/mol. The topological polar surface area (TPSA) is 66.0 Å². The number of hydrogen-bond donors (Lipinski definition) is 2. The average molecular weight is 497 g/mol. The molecule has 2 N–H and O–H groups in total. The Morgan fingerprint density at radius 2 is 2.16 bits per heavy atom. The van der Waals surface area contributed by atoms with Crippen LogP contribution in [0, 0.1) is 0 Å². The van der Waals surface area contributed by atoms with E-state index in [-0.39, 0.29) is 29.5 Å². The largest absolute Gasteiger partial charge is 0.431 e. The van der Waals surface area contributed by atoms with Crippen LogP contribution in [0.5, 0.6) is 0 Å². The molecule has 0 spiro atoms. The molecule has 0 aliphatic carbocycles. The number of carbonyl (C=O) groups is 1. The Balaban J connectivity index is 1.39. The molecule has 0 unspecified atom stereocenters. The number of hydrogen-bond acceptors (Lipinski definition) is 6. The van der Waals surface area contributed by atoms with Crippen molar-refractivity contribution in [2.45, 2.75) is 18.8 Å². The molecular weight excluding hydrogens is 476 g/mol. The van der Waals surface area contributed by atoms with Crippen LogP contribution in [0.25, 0.3) is 0 Å². The Labute approximate surface area is 192 Å². The number of carbonyl (C=O) groups excluding carboxylic acids is 1. The van der Waals surface area contributed by atoms with Gasteiger partial charge in [0.05, 0.1) is 35.1 Å². The maximum Gasteiger partial charge on any atom is 0.431 e. The normalized spacial score (nSPS) is 20.0. The number of nitrogens with one attached hydrogen (secondary N) is 2. The predicted octanol–water partition coefficient (Wildman–Crippen LogP) is 3.45. The molecule has 0 aromatic heterocycles. The molecule has 170 valence electrons. The molecule has 0 bridgehead atoms. The number of morpholine rings is 1. The van der Waals surface area contributed by atoms with Gasteiger partial charge in [-0.3, -0.25) is 14.7 Å². The highest BCUT2D eigenvalue weighted by molar-refractivity contribution is 8.14. The van der Waals surface area contributed by atoms with Crippen molar-refractivity contribution < 1.29 is 22.7 Å². The summed E-state index contributed by atoms with van der Waals surface area (Å²) in [6.07, 6.45) is -3.68. The van der Waals surface area contributed by atoms with E-state index < -0.39 is 11.9 Å². The number of ether oxygens (including phenoxy) is 1. The number of halogens is 5. The summed E-state index contributed by atoms with van der Waals surface area (Å²) in [6.45, 7) is 2.83. The van der Waals surface area contributed by atoms with Crippen LogP contribution in [0.15, 0.2) is 35.0 Å². The summed E-state index contributed by atoms with van der Waals surface area (Å²) in [5.74, 6) is -0.348. The monoisotopic (exact) mass is 496 g/mol. The smallest absolute Gasteiger partial charge is 0.374 e. The van der Waals surface area contributed by atoms with Crippen molar-refractivity contribution in [2.24, 2.45) is 4.99 Å². The molecule has 1 amide bonds. The van der Waals surface area contributed by atoms with E-state index in [4.69, 9.17) is 27.9 Å². The second-order valence-electron chi connectivity index (χ2n) is 6.96. The summed E-state index contributed by atoms with van der Waals surface area (Å²) in [5.41, 5.74) is 0.173. The van der Waals surface area contributed by atoms with Crippen molar-refractivity contribution >= 4 is 46.0 Å². The van der Waals surface area contributed by atoms with Crippen LogP contribution in [0.3, 0.4) is 0 Å². The van der Waals surface area contributed by atoms with Crippen LogP contribution < -0.4 is 10.6 Å². The van der Waals surface area contributed by atoms with Crippen molar-refractivity contribution in [3.8, 4) is 0 Å². The molecule has 31 heavy (non-hydrogen) atoms. The van der Waals surface area contributed by atoms with Gasteiger partial charge in [-0.05, 0) is 23.8 Å². The summed E-state index contributed by atoms with van der Waals surface area (Å²) in [7, 11) is 0. The fourth-order valence-corrected chi connectivity index (χ4v) is 4.09. The van der Waals surface area contributed by atoms with Crippen LogP contribution in [-0.4, -0.2) is 66.8 Å². The Morgan fingerprint density at radius 3 is 2.90 bits per heavy atom. The average Bonchev–Trinajstić information content (AvgIpc) is 2.73. The van der Waals surface area contributed by atoms with E-state index in [1.165, 1.54) is 0 Å². The standard InChI is InChI=1S/C19H21Cl2F3N4O2S/c20-14-2-1-12(7-15(14)21)9-28-5-6-30-13(10-28)8-26-17(29)11-31-18-25-4-3-16(27-18)19(22,23)24/h1-3,7,13H,4-6,8-11H2,(H,25,27)(H,26,29)/t13-/m0/s1. The van der Waals surface area contributed by atoms with Gasteiger partial charge in [-0.25, -0.2) is 0 Å². The number of nitrogens with zero attached hydrogens (tertiary/aromatic N) is 2. The van der Waals surface area contributed by atoms with Gasteiger partial charge < -0.3 is 15.4 Å². The molecule has 2 aliphatic heterocycles. The van der Waals surface area contributed by atoms with Crippen LogP contribution in [0.1, 0.15) is 5.56 Å². The number of alkyl halides is 3. The highest BCUT2D eigenvalue weighted by Crippen LogP contribution is 2.26. The second-order valence-corrected chi connectivity index (χ2v) is 8.73. The minimum absolute atomic E-state index is 0.0450. The van der Waals surface area contributed by atoms with Gasteiger partial charge in [-0.1, -0.05) is 41.0 Å². The van der Waals surface area contributed by atoms with Crippen LogP contribution in [0.4, 0.5) is 13.2 Å². The molecule has 2 heterocycles. The summed E-state index contributed by atoms with van der Waals surface area (Å²) < 4.78 is 43.9. The lowest BCUT2D eigenvalue weighted by Gasteiger charge is -2.33. The molecule has 6 nitrogen and oxygen atoms in total. The van der Waals surface area contributed by atoms with Crippen molar-refractivity contribution in [1.29, 1.82) is 0 Å². The number of rotatable bonds is 6. The lowest BCUT2D eigenvalue weighted by Crippen LogP contribution is -2.47. The Bertz CT molecular complexity index is 867. The number of aliphatic imine (C=N–C) groups is 1. The minimum atomic E-state index is -4.47. The third kappa shape index (κ3) is 7.57. The first-order chi connectivity index (χ1) is 14.7. The molecular formula is C19H21Cl2F3N4O2S. The first kappa shape index (κ1) is 24.2. The Morgan fingerprint density at radius 1 is 1.35 bits per heavy atom. The van der Waals surface area contributed by atoms with E-state index in [2.05, 4.69) is 20.5 Å². The third-order valence-corrected chi connectivity index (χ3v) is 6.21. The van der Waals surface area contributed by atoms with Crippen LogP contribution in [-0.2, 0) is 16.1 Å². The molecule has 12 heteroatoms. The van der Waals surface area contributed by atoms with E-state index >= 15 is 0 Å². The van der Waals surface area contributed by atoms with E-state index in [1.807, 2.05) is 12.1 Å². The fraction of sp³-hybridized carbons (Fsp3) is 0.474. The van der Waals surface area contributed by atoms with Gasteiger partial charge in [0.15, 0.2) is 5.17 Å². The zero-order chi connectivity index (χ0) is 22.4. The van der Waals surface area contributed by atoms with Gasteiger partial charge >= 0.3 is 6.18 Å². The molecule has 1 fully saturated rings. The highest BCUT2D eigenvalue weighted by atomic mass is 35.5. The van der Waals surface area contributed by atoms with Crippen molar-refractivity contribution in [3.05, 3.63) is 45.6 Å². The van der Waals surface area contributed by atoms with Gasteiger partial charge in [-0.15, -0.1) is 0 Å². The van der Waals surface area contributed by atoms with Crippen molar-refractivity contribution in [3.63, 3.8) is 0 Å². The van der Waals surface area contributed by atoms with E-state index in [9.17, 15) is 18.0 Å². The van der Waals surface area contributed by atoms with Crippen molar-refractivity contribution in [2.75, 3.05) is 38.5 Å². The molecule has 1 aromatic rings. The quantitative estimate of drug-likeness (QED) is 0.631. The van der Waals surface area contributed by atoms with Crippen LogP contribution in [0.2, 0.25) is 10.0 Å². The van der Waals surface area contributed by atoms with Crippen molar-refractivity contribution in [1.82, 2.24) is 15.5 Å². The SMILES string of the molecule is O=C(CSC1=NCC=C(C(F)(F)F)N1)NC[C@H]1CN(Cc2ccc(Cl)c(Cl)c2)CCO1. The zero-order valence-corrected chi connectivity index (χ0v) is 18.7. The summed E-state index contributed by atoms with van der Waals surface area (Å²) >= 11 is 12.9. The number of allylic oxidation sites excluding steroid dienone is 1. The first-order valence-electron chi connectivity index (χ1n) is 9.47. The molecule has 0 radical (unpaired) electrons. The van der Waals surface area contributed by atoms with E-state index in [0.717, 1.165) is 29.9 Å². The number of benzene rings is 1. The molecule has 2 aliphatic rings. The first-order valence-corrected chi connectivity index (χ1v) is 11.2. The minimum Gasteiger partial charge on any atom is -0.374 e. The maximum atomic E-state index is 12.7. The number of thioether (sulfide) groups is 1. The zero-order valence-electron chi connectivity index (χ0n) is 16.3. The molecule has 1 atom stereocenters. The summed E-state index contributed by atoms with van der Waals surface area (Å²) in [4.78, 5) is 18.2. The van der Waals surface area contributed by atoms with Crippen LogP contribution >= 0.6 is 35.0 Å². The summed E-state index contributed by atoms with van der Waals surface area (Å²) in [5, 5.41) is 6.06. The molecule has 3 rings (SSSR count). The van der Waals surface area contributed by atoms with Gasteiger partial charge in [0.1, 0.15) is 5.70 Å². The van der Waals surface area contributed by atoms with Gasteiger partial charge in [0.2, 0.25) is 5.91 Å². The molecule has 0 saturated carbocycles. The third-order valence-electron chi connectivity index (χ3n) is 4.56. The number of amidine groups is 1. The number of amides is 1. The summed E-state index contributed by atoms with van der Waals surface area (Å²) in [6, 6.07) is 5.50. The lowest BCUT2D eigenvalue weighted by molar-refractivity contribution is -0.119. The highest BCUT2D eigenvalue weighted by Gasteiger charge is 2.35. The van der Waals surface area contributed by atoms with Gasteiger partial charge in [-0.2, -0.15) is 13.2 Å². The van der Waals surface area contributed by atoms with E-state index in [1.54, 1.807) is 6.07 Å². The molecule has 1 aromatic carbocycles. The maximum absolute atomic E-state index is 12.7. The molecule has 1 saturated heterocycles. The lowest BCUT2D eigenvalue weighted by atomic mass is 10.2. The second kappa shape index (κ2) is 10.9. The van der Waals surface area contributed by atoms with Gasteiger partial charge in [0, 0.05) is 26.2 Å².